The molecule has 0 spiro atoms. The van der Waals surface area contributed by atoms with Gasteiger partial charge in [0.05, 0.1) is 6.04 Å². The molecule has 9 heteroatoms. The Kier molecular flexibility index (Phi) is 4.03. The van der Waals surface area contributed by atoms with Crippen LogP contribution in [0.2, 0.25) is 0 Å². The molecule has 114 valence electrons. The summed E-state index contributed by atoms with van der Waals surface area (Å²) >= 11 is 0. The Morgan fingerprint density at radius 1 is 1.24 bits per heavy atom. The average molecular weight is 303 g/mol. The first-order chi connectivity index (χ1) is 9.74. The van der Waals surface area contributed by atoms with E-state index < -0.39 is 24.5 Å². The Morgan fingerprint density at radius 3 is 2.57 bits per heavy atom. The van der Waals surface area contributed by atoms with Crippen molar-refractivity contribution in [2.24, 2.45) is 5.73 Å². The summed E-state index contributed by atoms with van der Waals surface area (Å²) in [4.78, 5) is 3.60. The number of rotatable bonds is 4. The molecule has 21 heavy (non-hydrogen) atoms. The maximum atomic E-state index is 12.2. The standard InChI is InChI=1S/C12H12F3N3O3/c13-12(14,15)5-10-17-11(21-18-10)7(16)3-6-1-2-8(19)9(20)4-6/h1-2,4,7,19-20H,3,5,16H2. The zero-order valence-corrected chi connectivity index (χ0v) is 10.6. The molecule has 6 nitrogen and oxygen atoms in total. The lowest BCUT2D eigenvalue weighted by Crippen LogP contribution is -2.15. The molecule has 1 aromatic heterocycles. The maximum Gasteiger partial charge on any atom is 0.396 e. The highest BCUT2D eigenvalue weighted by atomic mass is 19.4. The van der Waals surface area contributed by atoms with Crippen molar-refractivity contribution < 1.29 is 27.9 Å². The number of alkyl halides is 3. The fraction of sp³-hybridized carbons (Fsp3) is 0.333. The Labute approximate surface area is 117 Å². The molecule has 1 atom stereocenters. The average Bonchev–Trinajstić information content (AvgIpc) is 2.80. The predicted octanol–water partition coefficient (Wildman–Crippen LogP) is 1.83. The van der Waals surface area contributed by atoms with E-state index in [1.54, 1.807) is 0 Å². The van der Waals surface area contributed by atoms with Crippen molar-refractivity contribution >= 4 is 0 Å². The number of phenols is 2. The molecular weight excluding hydrogens is 291 g/mol. The minimum absolute atomic E-state index is 0.123. The number of nitrogens with two attached hydrogens (primary N) is 1. The zero-order chi connectivity index (χ0) is 15.6. The molecule has 2 aromatic rings. The summed E-state index contributed by atoms with van der Waals surface area (Å²) in [5.74, 6) is -1.20. The quantitative estimate of drug-likeness (QED) is 0.744. The number of benzene rings is 1. The highest BCUT2D eigenvalue weighted by Gasteiger charge is 2.31. The summed E-state index contributed by atoms with van der Waals surface area (Å²) in [6, 6.07) is 3.27. The first-order valence-corrected chi connectivity index (χ1v) is 5.90. The number of hydrogen-bond donors (Lipinski definition) is 3. The monoisotopic (exact) mass is 303 g/mol. The van der Waals surface area contributed by atoms with Crippen molar-refractivity contribution in [1.29, 1.82) is 0 Å². The van der Waals surface area contributed by atoms with Crippen molar-refractivity contribution in [3.63, 3.8) is 0 Å². The van der Waals surface area contributed by atoms with Crippen molar-refractivity contribution in [2.75, 3.05) is 0 Å². The van der Waals surface area contributed by atoms with E-state index in [9.17, 15) is 23.4 Å². The molecular formula is C12H12F3N3O3. The summed E-state index contributed by atoms with van der Waals surface area (Å²) in [6.07, 6.45) is -5.56. The highest BCUT2D eigenvalue weighted by molar-refractivity contribution is 5.40. The summed E-state index contributed by atoms with van der Waals surface area (Å²) in [6.45, 7) is 0. The molecule has 0 aliphatic rings. The molecule has 0 bridgehead atoms. The molecule has 2 rings (SSSR count). The van der Waals surface area contributed by atoms with Crippen molar-refractivity contribution in [2.45, 2.75) is 25.1 Å². The van der Waals surface area contributed by atoms with Gasteiger partial charge in [-0.15, -0.1) is 0 Å². The van der Waals surface area contributed by atoms with Crippen LogP contribution in [0.5, 0.6) is 11.5 Å². The Balaban J connectivity index is 2.06. The van der Waals surface area contributed by atoms with Gasteiger partial charge in [0.2, 0.25) is 5.89 Å². The van der Waals surface area contributed by atoms with Gasteiger partial charge in [-0.3, -0.25) is 0 Å². The lowest BCUT2D eigenvalue weighted by Gasteiger charge is -2.07. The second-order valence-electron chi connectivity index (χ2n) is 4.47. The van der Waals surface area contributed by atoms with Gasteiger partial charge < -0.3 is 20.5 Å². The highest BCUT2D eigenvalue weighted by Crippen LogP contribution is 2.27. The maximum absolute atomic E-state index is 12.2. The van der Waals surface area contributed by atoms with E-state index in [0.29, 0.717) is 5.56 Å². The number of aromatic nitrogens is 2. The molecule has 0 saturated carbocycles. The van der Waals surface area contributed by atoms with Crippen LogP contribution in [0.15, 0.2) is 22.7 Å². The molecule has 0 radical (unpaired) electrons. The topological polar surface area (TPSA) is 105 Å². The lowest BCUT2D eigenvalue weighted by atomic mass is 10.1. The van der Waals surface area contributed by atoms with Crippen LogP contribution in [-0.2, 0) is 12.8 Å². The van der Waals surface area contributed by atoms with Crippen molar-refractivity contribution in [3.8, 4) is 11.5 Å². The third-order valence-corrected chi connectivity index (χ3v) is 2.65. The van der Waals surface area contributed by atoms with Crippen LogP contribution in [0.25, 0.3) is 0 Å². The Hall–Kier alpha value is -2.29. The zero-order valence-electron chi connectivity index (χ0n) is 10.6. The first-order valence-electron chi connectivity index (χ1n) is 5.90. The van der Waals surface area contributed by atoms with E-state index in [1.807, 2.05) is 0 Å². The summed E-state index contributed by atoms with van der Waals surface area (Å²) in [7, 11) is 0. The van der Waals surface area contributed by atoms with Gasteiger partial charge in [-0.1, -0.05) is 11.2 Å². The molecule has 0 fully saturated rings. The fourth-order valence-electron chi connectivity index (χ4n) is 1.71. The number of aromatic hydroxyl groups is 2. The second kappa shape index (κ2) is 5.60. The van der Waals surface area contributed by atoms with Gasteiger partial charge >= 0.3 is 6.18 Å². The molecule has 1 aromatic carbocycles. The van der Waals surface area contributed by atoms with Gasteiger partial charge in [0.25, 0.3) is 0 Å². The molecule has 1 unspecified atom stereocenters. The molecule has 4 N–H and O–H groups in total. The van der Waals surface area contributed by atoms with Gasteiger partial charge in [-0.25, -0.2) is 0 Å². The van der Waals surface area contributed by atoms with Crippen LogP contribution < -0.4 is 5.73 Å². The number of halogens is 3. The molecule has 0 aliphatic heterocycles. The third-order valence-electron chi connectivity index (χ3n) is 2.65. The van der Waals surface area contributed by atoms with Crippen LogP contribution >= 0.6 is 0 Å². The predicted molar refractivity (Wildman–Crippen MR) is 64.5 cm³/mol. The summed E-state index contributed by atoms with van der Waals surface area (Å²) in [5, 5.41) is 21.7. The number of phenolic OH excluding ortho intramolecular Hbond substituents is 2. The van der Waals surface area contributed by atoms with Crippen molar-refractivity contribution in [1.82, 2.24) is 10.1 Å². The second-order valence-corrected chi connectivity index (χ2v) is 4.47. The first kappa shape index (κ1) is 15.1. The van der Waals surface area contributed by atoms with E-state index in [4.69, 9.17) is 10.3 Å². The molecule has 0 aliphatic carbocycles. The lowest BCUT2D eigenvalue weighted by molar-refractivity contribution is -0.128. The minimum Gasteiger partial charge on any atom is -0.504 e. The molecule has 1 heterocycles. The van der Waals surface area contributed by atoms with Crippen LogP contribution in [-0.4, -0.2) is 26.5 Å². The van der Waals surface area contributed by atoms with Crippen LogP contribution in [0.4, 0.5) is 13.2 Å². The van der Waals surface area contributed by atoms with E-state index >= 15 is 0 Å². The Morgan fingerprint density at radius 2 is 1.95 bits per heavy atom. The van der Waals surface area contributed by atoms with Gasteiger partial charge in [0.1, 0.15) is 6.42 Å². The SMILES string of the molecule is NC(Cc1ccc(O)c(O)c1)c1nc(CC(F)(F)F)no1. The minimum atomic E-state index is -4.42. The van der Waals surface area contributed by atoms with Crippen molar-refractivity contribution in [3.05, 3.63) is 35.5 Å². The number of nitrogens with zero attached hydrogens (tertiary/aromatic N) is 2. The normalized spacial score (nSPS) is 13.3. The van der Waals surface area contributed by atoms with Gasteiger partial charge in [0, 0.05) is 0 Å². The van der Waals surface area contributed by atoms with Crippen LogP contribution in [0, 0.1) is 0 Å². The van der Waals surface area contributed by atoms with E-state index in [-0.39, 0.29) is 23.8 Å². The molecule has 0 saturated heterocycles. The fourth-order valence-corrected chi connectivity index (χ4v) is 1.71. The Bertz CT molecular complexity index is 628. The van der Waals surface area contributed by atoms with E-state index in [2.05, 4.69) is 10.1 Å². The summed E-state index contributed by atoms with van der Waals surface area (Å²) in [5.41, 5.74) is 6.33. The number of hydrogen-bond acceptors (Lipinski definition) is 6. The third kappa shape index (κ3) is 4.09. The smallest absolute Gasteiger partial charge is 0.396 e. The van der Waals surface area contributed by atoms with Gasteiger partial charge in [-0.2, -0.15) is 18.2 Å². The van der Waals surface area contributed by atoms with Gasteiger partial charge in [-0.05, 0) is 24.1 Å². The summed E-state index contributed by atoms with van der Waals surface area (Å²) < 4.78 is 41.2. The van der Waals surface area contributed by atoms with Crippen LogP contribution in [0.3, 0.4) is 0 Å². The van der Waals surface area contributed by atoms with E-state index in [0.717, 1.165) is 0 Å². The van der Waals surface area contributed by atoms with Gasteiger partial charge in [0.15, 0.2) is 17.3 Å². The van der Waals surface area contributed by atoms with Crippen LogP contribution in [0.1, 0.15) is 23.3 Å². The van der Waals surface area contributed by atoms with E-state index in [1.165, 1.54) is 18.2 Å². The largest absolute Gasteiger partial charge is 0.504 e. The molecule has 0 amide bonds.